The fourth-order valence-corrected chi connectivity index (χ4v) is 5.81. The molecule has 260 valence electrons. The number of benzene rings is 2. The summed E-state index contributed by atoms with van der Waals surface area (Å²) >= 11 is 0. The van der Waals surface area contributed by atoms with Crippen LogP contribution in [0.4, 0.5) is 17.1 Å². The fourth-order valence-electron chi connectivity index (χ4n) is 5.81. The molecule has 0 unspecified atom stereocenters. The molecule has 7 rings (SSSR count). The lowest BCUT2D eigenvalue weighted by Gasteiger charge is -2.13. The van der Waals surface area contributed by atoms with E-state index in [0.29, 0.717) is 17.1 Å². The number of rotatable bonds is 5. The lowest BCUT2D eigenvalue weighted by atomic mass is 9.92. The van der Waals surface area contributed by atoms with Gasteiger partial charge in [0, 0.05) is 56.1 Å². The van der Waals surface area contributed by atoms with Gasteiger partial charge in [0.05, 0.1) is 39.9 Å². The van der Waals surface area contributed by atoms with Crippen molar-refractivity contribution in [2.24, 2.45) is 19.1 Å². The van der Waals surface area contributed by atoms with E-state index in [1.54, 1.807) is 24.1 Å². The van der Waals surface area contributed by atoms with Gasteiger partial charge in [0.15, 0.2) is 0 Å². The topological polar surface area (TPSA) is 129 Å². The SMILES string of the molecule is Cn1nc(C(C)(C)C)cc1C(=O)Nc1ccc(-c2ccncc2)cc1N.Cn1nc(C(C)(C)C)cc1C1=Nc2ccc(-c3ccncc3)cc2C1. The number of aryl methyl sites for hydroxylation is 2. The van der Waals surface area contributed by atoms with E-state index >= 15 is 0 Å². The molecule has 0 spiro atoms. The van der Waals surface area contributed by atoms with E-state index in [4.69, 9.17) is 10.7 Å². The van der Waals surface area contributed by atoms with Crippen molar-refractivity contribution in [3.8, 4) is 22.3 Å². The van der Waals surface area contributed by atoms with Crippen molar-refractivity contribution in [3.05, 3.63) is 126 Å². The minimum atomic E-state index is -0.237. The smallest absolute Gasteiger partial charge is 0.273 e. The fraction of sp³-hybridized carbons (Fsp3) is 0.268. The summed E-state index contributed by atoms with van der Waals surface area (Å²) < 4.78 is 3.55. The highest BCUT2D eigenvalue weighted by Crippen LogP contribution is 2.34. The Morgan fingerprint density at radius 1 is 0.686 bits per heavy atom. The van der Waals surface area contributed by atoms with Crippen LogP contribution in [0.2, 0.25) is 0 Å². The van der Waals surface area contributed by atoms with Gasteiger partial charge in [0.2, 0.25) is 0 Å². The zero-order valence-electron chi connectivity index (χ0n) is 30.6. The number of hydrogen-bond donors (Lipinski definition) is 2. The number of hydrogen-bond acceptors (Lipinski definition) is 7. The Kier molecular flexibility index (Phi) is 9.44. The van der Waals surface area contributed by atoms with Gasteiger partial charge in [0.25, 0.3) is 5.91 Å². The zero-order valence-corrected chi connectivity index (χ0v) is 30.6. The van der Waals surface area contributed by atoms with E-state index in [2.05, 4.69) is 91.3 Å². The van der Waals surface area contributed by atoms with Crippen molar-refractivity contribution in [2.75, 3.05) is 11.1 Å². The normalized spacial score (nSPS) is 12.5. The summed E-state index contributed by atoms with van der Waals surface area (Å²) in [7, 11) is 3.76. The molecule has 0 radical (unpaired) electrons. The van der Waals surface area contributed by atoms with Crippen molar-refractivity contribution in [2.45, 2.75) is 58.8 Å². The Morgan fingerprint density at radius 2 is 1.24 bits per heavy atom. The second kappa shape index (κ2) is 13.8. The summed E-state index contributed by atoms with van der Waals surface area (Å²) in [6, 6.07) is 23.9. The highest BCUT2D eigenvalue weighted by atomic mass is 16.2. The molecule has 10 heteroatoms. The first-order chi connectivity index (χ1) is 24.2. The summed E-state index contributed by atoms with van der Waals surface area (Å²) in [6.45, 7) is 12.7. The number of anilines is 2. The number of fused-ring (bicyclic) bond motifs is 1. The minimum Gasteiger partial charge on any atom is -0.397 e. The molecule has 0 bridgehead atoms. The quantitative estimate of drug-likeness (QED) is 0.177. The molecular weight excluding hydrogens is 635 g/mol. The molecule has 1 aliphatic heterocycles. The van der Waals surface area contributed by atoms with Gasteiger partial charge in [-0.1, -0.05) is 53.7 Å². The van der Waals surface area contributed by atoms with E-state index < -0.39 is 0 Å². The molecule has 0 saturated carbocycles. The zero-order chi connectivity index (χ0) is 36.5. The molecule has 51 heavy (non-hydrogen) atoms. The van der Waals surface area contributed by atoms with Gasteiger partial charge in [-0.25, -0.2) is 0 Å². The third-order valence-electron chi connectivity index (χ3n) is 8.84. The molecule has 10 nitrogen and oxygen atoms in total. The standard InChI is InChI=1S/C21H22N4.C20H23N5O/c1-21(2,3)20-13-19(25(4)24-20)18-12-16-11-15(5-6-17(16)23-18)14-7-9-22-10-8-14;1-20(2,3)18-12-17(25(4)24-18)19(26)23-16-6-5-14(11-15(16)21)13-7-9-22-10-8-13/h5-11,13H,12H2,1-4H3;5-12H,21H2,1-4H3,(H,23,26). The van der Waals surface area contributed by atoms with Gasteiger partial charge in [0.1, 0.15) is 5.69 Å². The van der Waals surface area contributed by atoms with Gasteiger partial charge in [-0.3, -0.25) is 29.1 Å². The van der Waals surface area contributed by atoms with E-state index in [9.17, 15) is 4.79 Å². The second-order valence-corrected chi connectivity index (χ2v) is 14.9. The van der Waals surface area contributed by atoms with E-state index in [0.717, 1.165) is 46.0 Å². The van der Waals surface area contributed by atoms with Crippen LogP contribution in [0, 0.1) is 0 Å². The maximum atomic E-state index is 12.6. The number of nitrogens with zero attached hydrogens (tertiary/aromatic N) is 7. The largest absolute Gasteiger partial charge is 0.397 e. The van der Waals surface area contributed by atoms with Crippen molar-refractivity contribution in [3.63, 3.8) is 0 Å². The molecule has 0 aliphatic carbocycles. The summed E-state index contributed by atoms with van der Waals surface area (Å²) in [5.41, 5.74) is 18.5. The number of nitrogens with two attached hydrogens (primary N) is 1. The Balaban J connectivity index is 0.000000176. The van der Waals surface area contributed by atoms with E-state index in [-0.39, 0.29) is 16.7 Å². The molecule has 0 atom stereocenters. The van der Waals surface area contributed by atoms with Gasteiger partial charge in [-0.2, -0.15) is 10.2 Å². The first-order valence-corrected chi connectivity index (χ1v) is 17.0. The van der Waals surface area contributed by atoms with E-state index in [1.165, 1.54) is 16.7 Å². The number of nitrogen functional groups attached to an aromatic ring is 1. The molecule has 1 amide bonds. The third-order valence-corrected chi connectivity index (χ3v) is 8.84. The monoisotopic (exact) mass is 679 g/mol. The van der Waals surface area contributed by atoms with Crippen LogP contribution in [-0.2, 0) is 31.3 Å². The predicted octanol–water partition coefficient (Wildman–Crippen LogP) is 8.07. The van der Waals surface area contributed by atoms with Crippen LogP contribution in [0.3, 0.4) is 0 Å². The van der Waals surface area contributed by atoms with Gasteiger partial charge in [-0.05, 0) is 88.5 Å². The summed E-state index contributed by atoms with van der Waals surface area (Å²) in [4.78, 5) is 25.6. The van der Waals surface area contributed by atoms with Crippen LogP contribution in [0.5, 0.6) is 0 Å². The highest BCUT2D eigenvalue weighted by molar-refractivity contribution is 6.06. The van der Waals surface area contributed by atoms with Crippen molar-refractivity contribution in [1.29, 1.82) is 0 Å². The molecule has 2 aromatic carbocycles. The van der Waals surface area contributed by atoms with Crippen LogP contribution in [0.25, 0.3) is 22.3 Å². The maximum absolute atomic E-state index is 12.6. The minimum absolute atomic E-state index is 0.0382. The van der Waals surface area contributed by atoms with Crippen molar-refractivity contribution < 1.29 is 4.79 Å². The van der Waals surface area contributed by atoms with Crippen LogP contribution < -0.4 is 11.1 Å². The van der Waals surface area contributed by atoms with Gasteiger partial charge in [-0.15, -0.1) is 0 Å². The molecule has 6 aromatic rings. The summed E-state index contributed by atoms with van der Waals surface area (Å²) in [5, 5.41) is 12.0. The van der Waals surface area contributed by atoms with E-state index in [1.807, 2.05) is 72.7 Å². The van der Waals surface area contributed by atoms with Crippen molar-refractivity contribution in [1.82, 2.24) is 29.5 Å². The van der Waals surface area contributed by atoms with Gasteiger partial charge >= 0.3 is 0 Å². The Labute approximate surface area is 299 Å². The Bertz CT molecular complexity index is 2220. The molecule has 1 aliphatic rings. The maximum Gasteiger partial charge on any atom is 0.273 e. The lowest BCUT2D eigenvalue weighted by molar-refractivity contribution is 0.101. The molecule has 3 N–H and O–H groups in total. The Hall–Kier alpha value is -5.90. The number of carbonyl (C=O) groups excluding carboxylic acids is 1. The lowest BCUT2D eigenvalue weighted by Crippen LogP contribution is -2.16. The number of aromatic nitrogens is 6. The Morgan fingerprint density at radius 3 is 1.78 bits per heavy atom. The number of pyridine rings is 2. The molecule has 0 fully saturated rings. The predicted molar refractivity (Wildman–Crippen MR) is 205 cm³/mol. The highest BCUT2D eigenvalue weighted by Gasteiger charge is 2.25. The molecule has 5 heterocycles. The summed E-state index contributed by atoms with van der Waals surface area (Å²) in [6.07, 6.45) is 7.96. The third kappa shape index (κ3) is 7.80. The average molecular weight is 680 g/mol. The second-order valence-electron chi connectivity index (χ2n) is 14.9. The number of aliphatic imine (C=N–C) groups is 1. The summed E-state index contributed by atoms with van der Waals surface area (Å²) in [5.74, 6) is -0.237. The molecule has 4 aromatic heterocycles. The average Bonchev–Trinajstić information content (AvgIpc) is 3.82. The van der Waals surface area contributed by atoms with Crippen LogP contribution in [0.1, 0.15) is 74.7 Å². The number of nitrogens with one attached hydrogen (secondary N) is 1. The first kappa shape index (κ1) is 34.9. The molecule has 0 saturated heterocycles. The number of carbonyl (C=O) groups is 1. The van der Waals surface area contributed by atoms with Crippen molar-refractivity contribution >= 4 is 28.7 Å². The van der Waals surface area contributed by atoms with Gasteiger partial charge < -0.3 is 11.1 Å². The van der Waals surface area contributed by atoms with Crippen LogP contribution >= 0.6 is 0 Å². The van der Waals surface area contributed by atoms with Crippen LogP contribution in [-0.4, -0.2) is 41.1 Å². The number of amides is 1. The molecular formula is C41H45N9O. The first-order valence-electron chi connectivity index (χ1n) is 17.0. The van der Waals surface area contributed by atoms with Crippen LogP contribution in [0.15, 0.2) is 103 Å².